The molecule has 0 aromatic carbocycles. The molecule has 0 bridgehead atoms. The molecule has 0 radical (unpaired) electrons. The Hall–Kier alpha value is -1.88. The lowest BCUT2D eigenvalue weighted by atomic mass is 10.2. The lowest BCUT2D eigenvalue weighted by Gasteiger charge is -2.25. The van der Waals surface area contributed by atoms with E-state index in [1.807, 2.05) is 0 Å². The minimum atomic E-state index is -4.65. The highest BCUT2D eigenvalue weighted by Crippen LogP contribution is 2.33. The number of halogens is 4. The lowest BCUT2D eigenvalue weighted by molar-refractivity contribution is -0.141. The Morgan fingerprint density at radius 1 is 1.45 bits per heavy atom. The highest BCUT2D eigenvalue weighted by Gasteiger charge is 2.37. The van der Waals surface area contributed by atoms with E-state index in [2.05, 4.69) is 4.98 Å². The van der Waals surface area contributed by atoms with Gasteiger partial charge < -0.3 is 10.0 Å². The van der Waals surface area contributed by atoms with Crippen molar-refractivity contribution in [3.05, 3.63) is 23.4 Å². The topological polar surface area (TPSA) is 60.2 Å². The molecule has 4 nitrogen and oxygen atoms in total. The van der Waals surface area contributed by atoms with E-state index < -0.39 is 30.7 Å². The number of nitrogens with zero attached hydrogens (tertiary/aromatic N) is 3. The molecule has 1 N–H and O–H groups in total. The van der Waals surface area contributed by atoms with Crippen molar-refractivity contribution in [2.45, 2.75) is 24.8 Å². The molecule has 1 aromatic rings. The second-order valence-electron chi connectivity index (χ2n) is 4.50. The Kier molecular flexibility index (Phi) is 3.81. The highest BCUT2D eigenvalue weighted by atomic mass is 19.4. The molecule has 20 heavy (non-hydrogen) atoms. The fraction of sp³-hybridized carbons (Fsp3) is 0.500. The number of hydrogen-bond donors (Lipinski definition) is 1. The molecule has 0 amide bonds. The summed E-state index contributed by atoms with van der Waals surface area (Å²) in [4.78, 5) is 4.65. The van der Waals surface area contributed by atoms with Gasteiger partial charge in [-0.15, -0.1) is 0 Å². The average Bonchev–Trinajstić information content (AvgIpc) is 2.78. The van der Waals surface area contributed by atoms with Crippen molar-refractivity contribution < 1.29 is 22.7 Å². The average molecular weight is 289 g/mol. The summed E-state index contributed by atoms with van der Waals surface area (Å²) in [6.45, 7) is -0.600. The smallest absolute Gasteiger partial charge is 0.394 e. The van der Waals surface area contributed by atoms with Gasteiger partial charge in [0.05, 0.1) is 24.8 Å². The molecule has 1 saturated heterocycles. The van der Waals surface area contributed by atoms with Crippen molar-refractivity contribution in [1.29, 1.82) is 5.26 Å². The molecule has 0 spiro atoms. The molecule has 2 atom stereocenters. The summed E-state index contributed by atoms with van der Waals surface area (Å²) in [6.07, 6.45) is -5.92. The van der Waals surface area contributed by atoms with E-state index in [1.165, 1.54) is 4.90 Å². The lowest BCUT2D eigenvalue weighted by Crippen LogP contribution is -2.34. The van der Waals surface area contributed by atoms with Crippen molar-refractivity contribution in [2.24, 2.45) is 0 Å². The van der Waals surface area contributed by atoms with Crippen LogP contribution in [-0.2, 0) is 6.18 Å². The maximum atomic E-state index is 13.4. The summed E-state index contributed by atoms with van der Waals surface area (Å²) < 4.78 is 51.4. The third-order valence-electron chi connectivity index (χ3n) is 3.13. The van der Waals surface area contributed by atoms with Crippen molar-refractivity contribution >= 4 is 5.82 Å². The summed E-state index contributed by atoms with van der Waals surface area (Å²) in [5.41, 5.74) is -1.23. The minimum absolute atomic E-state index is 0.000700. The molecule has 1 fully saturated rings. The molecule has 0 unspecified atom stereocenters. The molecular weight excluding hydrogens is 278 g/mol. The number of anilines is 1. The van der Waals surface area contributed by atoms with Crippen LogP contribution in [0.15, 0.2) is 12.1 Å². The van der Waals surface area contributed by atoms with E-state index in [-0.39, 0.29) is 24.3 Å². The van der Waals surface area contributed by atoms with Crippen LogP contribution in [0.3, 0.4) is 0 Å². The van der Waals surface area contributed by atoms with Crippen molar-refractivity contribution in [3.8, 4) is 6.07 Å². The fourth-order valence-electron chi connectivity index (χ4n) is 2.20. The molecule has 8 heteroatoms. The Labute approximate surface area is 112 Å². The monoisotopic (exact) mass is 289 g/mol. The SMILES string of the molecule is N#Cc1ccc(C(F)(F)F)nc1N1C[C@@H](F)C[C@H]1CO. The van der Waals surface area contributed by atoms with E-state index in [0.29, 0.717) is 6.07 Å². The first kappa shape index (κ1) is 14.5. The number of rotatable bonds is 2. The van der Waals surface area contributed by atoms with Gasteiger partial charge in [-0.25, -0.2) is 9.37 Å². The van der Waals surface area contributed by atoms with Crippen molar-refractivity contribution in [1.82, 2.24) is 4.98 Å². The normalized spacial score (nSPS) is 22.9. The Morgan fingerprint density at radius 3 is 2.70 bits per heavy atom. The van der Waals surface area contributed by atoms with E-state index in [4.69, 9.17) is 10.4 Å². The van der Waals surface area contributed by atoms with Gasteiger partial charge in [0.25, 0.3) is 0 Å². The van der Waals surface area contributed by atoms with Crippen LogP contribution in [0.4, 0.5) is 23.4 Å². The third-order valence-corrected chi connectivity index (χ3v) is 3.13. The largest absolute Gasteiger partial charge is 0.433 e. The molecular formula is C12H11F4N3O. The van der Waals surface area contributed by atoms with E-state index in [1.54, 1.807) is 6.07 Å². The van der Waals surface area contributed by atoms with Crippen LogP contribution in [0.5, 0.6) is 0 Å². The Balaban J connectivity index is 2.46. The van der Waals surface area contributed by atoms with Gasteiger partial charge in [0, 0.05) is 6.42 Å². The Bertz CT molecular complexity index is 540. The van der Waals surface area contributed by atoms with Crippen LogP contribution < -0.4 is 4.90 Å². The third kappa shape index (κ3) is 2.67. The number of nitriles is 1. The van der Waals surface area contributed by atoms with Crippen LogP contribution in [-0.4, -0.2) is 35.5 Å². The first-order chi connectivity index (χ1) is 9.36. The number of alkyl halides is 4. The number of aliphatic hydroxyl groups is 1. The van der Waals surface area contributed by atoms with Gasteiger partial charge in [0.1, 0.15) is 23.8 Å². The maximum Gasteiger partial charge on any atom is 0.433 e. The minimum Gasteiger partial charge on any atom is -0.394 e. The molecule has 1 aromatic heterocycles. The van der Waals surface area contributed by atoms with Gasteiger partial charge >= 0.3 is 6.18 Å². The molecule has 0 saturated carbocycles. The van der Waals surface area contributed by atoms with Gasteiger partial charge in [0.15, 0.2) is 0 Å². The molecule has 1 aliphatic heterocycles. The van der Waals surface area contributed by atoms with E-state index in [9.17, 15) is 17.6 Å². The van der Waals surface area contributed by atoms with Crippen LogP contribution in [0, 0.1) is 11.3 Å². The van der Waals surface area contributed by atoms with Gasteiger partial charge in [-0.2, -0.15) is 18.4 Å². The van der Waals surface area contributed by atoms with Crippen LogP contribution >= 0.6 is 0 Å². The summed E-state index contributed by atoms with van der Waals surface area (Å²) in [5.74, 6) is -0.235. The summed E-state index contributed by atoms with van der Waals surface area (Å²) in [5, 5.41) is 18.1. The van der Waals surface area contributed by atoms with Gasteiger partial charge in [-0.3, -0.25) is 0 Å². The molecule has 2 rings (SSSR count). The van der Waals surface area contributed by atoms with E-state index in [0.717, 1.165) is 6.07 Å². The molecule has 0 aliphatic carbocycles. The second kappa shape index (κ2) is 5.25. The second-order valence-corrected chi connectivity index (χ2v) is 4.50. The van der Waals surface area contributed by atoms with Gasteiger partial charge in [-0.05, 0) is 12.1 Å². The van der Waals surface area contributed by atoms with Crippen molar-refractivity contribution in [2.75, 3.05) is 18.1 Å². The maximum absolute atomic E-state index is 13.4. The molecule has 108 valence electrons. The first-order valence-corrected chi connectivity index (χ1v) is 5.86. The van der Waals surface area contributed by atoms with Crippen molar-refractivity contribution in [3.63, 3.8) is 0 Å². The summed E-state index contributed by atoms with van der Waals surface area (Å²) >= 11 is 0. The zero-order valence-electron chi connectivity index (χ0n) is 10.2. The zero-order chi connectivity index (χ0) is 14.9. The fourth-order valence-corrected chi connectivity index (χ4v) is 2.20. The first-order valence-electron chi connectivity index (χ1n) is 5.86. The number of pyridine rings is 1. The van der Waals surface area contributed by atoms with Crippen LogP contribution in [0.2, 0.25) is 0 Å². The number of aromatic nitrogens is 1. The standard InChI is InChI=1S/C12H11F4N3O/c13-8-3-9(6-20)19(5-8)11-7(4-17)1-2-10(18-11)12(14,15)16/h1-2,8-9,20H,3,5-6H2/t8-,9-/m0/s1. The highest BCUT2D eigenvalue weighted by molar-refractivity contribution is 5.56. The summed E-state index contributed by atoms with van der Waals surface area (Å²) in [7, 11) is 0. The quantitative estimate of drug-likeness (QED) is 0.845. The van der Waals surface area contributed by atoms with E-state index >= 15 is 0 Å². The number of aliphatic hydroxyl groups excluding tert-OH is 1. The van der Waals surface area contributed by atoms with Gasteiger partial charge in [-0.1, -0.05) is 0 Å². The summed E-state index contributed by atoms with van der Waals surface area (Å²) in [6, 6.07) is 2.77. The molecule has 1 aliphatic rings. The van der Waals surface area contributed by atoms with Crippen LogP contribution in [0.1, 0.15) is 17.7 Å². The number of hydrogen-bond acceptors (Lipinski definition) is 4. The Morgan fingerprint density at radius 2 is 2.15 bits per heavy atom. The zero-order valence-corrected chi connectivity index (χ0v) is 10.2. The van der Waals surface area contributed by atoms with Crippen LogP contribution in [0.25, 0.3) is 0 Å². The van der Waals surface area contributed by atoms with Gasteiger partial charge in [0.2, 0.25) is 0 Å². The molecule has 2 heterocycles. The predicted molar refractivity (Wildman–Crippen MR) is 61.7 cm³/mol. The predicted octanol–water partition coefficient (Wildman–Crippen LogP) is 1.88.